The first-order valence-electron chi connectivity index (χ1n) is 9.29. The lowest BCUT2D eigenvalue weighted by atomic mass is 10.3. The molecule has 0 aromatic carbocycles. The number of furan rings is 2. The minimum atomic E-state index is 0.810. The third-order valence-corrected chi connectivity index (χ3v) is 14.2. The zero-order valence-corrected chi connectivity index (χ0v) is 24.2. The van der Waals surface area contributed by atoms with Gasteiger partial charge in [-0.1, -0.05) is 47.0 Å². The van der Waals surface area contributed by atoms with Gasteiger partial charge in [0.05, 0.1) is 25.4 Å². The number of thioether (sulfide) groups is 8. The summed E-state index contributed by atoms with van der Waals surface area (Å²) in [6.45, 7) is 0. The van der Waals surface area contributed by atoms with Crippen molar-refractivity contribution < 1.29 is 8.83 Å². The van der Waals surface area contributed by atoms with E-state index >= 15 is 0 Å². The molecule has 0 saturated heterocycles. The van der Waals surface area contributed by atoms with Gasteiger partial charge in [0.25, 0.3) is 0 Å². The van der Waals surface area contributed by atoms with E-state index in [1.54, 1.807) is 47.0 Å². The van der Waals surface area contributed by atoms with Crippen molar-refractivity contribution in [2.45, 2.75) is 0 Å². The number of hydrogen-bond donors (Lipinski definition) is 0. The molecule has 0 bridgehead atoms. The minimum absolute atomic E-state index is 0.810. The van der Waals surface area contributed by atoms with Crippen LogP contribution in [0.1, 0.15) is 23.0 Å². The Kier molecular flexibility index (Phi) is 9.55. The van der Waals surface area contributed by atoms with Crippen molar-refractivity contribution in [3.8, 4) is 0 Å². The van der Waals surface area contributed by atoms with Crippen molar-refractivity contribution in [3.63, 3.8) is 0 Å². The largest absolute Gasteiger partial charge is 0.457 e. The smallest absolute Gasteiger partial charge is 0.129 e. The van der Waals surface area contributed by atoms with Crippen LogP contribution in [0.5, 0.6) is 0 Å². The fourth-order valence-electron chi connectivity index (χ4n) is 2.66. The third-order valence-electron chi connectivity index (χ3n) is 4.08. The van der Waals surface area contributed by atoms with Crippen molar-refractivity contribution in [3.05, 3.63) is 72.7 Å². The van der Waals surface area contributed by atoms with Crippen LogP contribution in [0.3, 0.4) is 0 Å². The molecule has 0 amide bonds. The Bertz CT molecular complexity index is 1010. The van der Waals surface area contributed by atoms with E-state index in [9.17, 15) is 0 Å². The van der Waals surface area contributed by atoms with E-state index in [-0.39, 0.29) is 0 Å². The van der Waals surface area contributed by atoms with Gasteiger partial charge in [-0.15, -0.1) is 47.0 Å². The predicted octanol–water partition coefficient (Wildman–Crippen LogP) is 10.3. The number of rotatable bonds is 8. The highest BCUT2D eigenvalue weighted by Crippen LogP contribution is 2.57. The topological polar surface area (TPSA) is 26.3 Å². The molecular weight excluding hydrogens is 553 g/mol. The van der Waals surface area contributed by atoms with Gasteiger partial charge in [-0.3, -0.25) is 0 Å². The molecule has 2 aromatic heterocycles. The first-order chi connectivity index (χ1) is 15.6. The Morgan fingerprint density at radius 2 is 0.844 bits per heavy atom. The second-order valence-electron chi connectivity index (χ2n) is 6.11. The molecule has 0 spiro atoms. The van der Waals surface area contributed by atoms with Gasteiger partial charge >= 0.3 is 0 Å². The summed E-state index contributed by atoms with van der Waals surface area (Å²) in [4.78, 5) is 0. The maximum absolute atomic E-state index is 5.98. The maximum Gasteiger partial charge on any atom is 0.129 e. The summed E-state index contributed by atoms with van der Waals surface area (Å²) in [7, 11) is 0. The third kappa shape index (κ3) is 6.38. The molecule has 0 aliphatic carbocycles. The molecule has 10 heteroatoms. The van der Waals surface area contributed by atoms with E-state index < -0.39 is 0 Å². The van der Waals surface area contributed by atoms with Crippen LogP contribution >= 0.6 is 94.1 Å². The minimum Gasteiger partial charge on any atom is -0.457 e. The number of hydrogen-bond acceptors (Lipinski definition) is 10. The second-order valence-corrected chi connectivity index (χ2v) is 15.1. The SMILES string of the molecule is CSC1=C(SC)SC(=Cc2ccc(/C=C/c3ccc(C=C4SC(SC)=C(SC)S4)o3)o2)S1. The molecule has 168 valence electrons. The summed E-state index contributed by atoms with van der Waals surface area (Å²) in [6.07, 6.45) is 16.6. The molecule has 2 aliphatic heterocycles. The van der Waals surface area contributed by atoms with Gasteiger partial charge in [0.15, 0.2) is 0 Å². The van der Waals surface area contributed by atoms with Crippen molar-refractivity contribution in [1.82, 2.24) is 0 Å². The Balaban J connectivity index is 1.38. The zero-order valence-electron chi connectivity index (χ0n) is 17.7. The predicted molar refractivity (Wildman–Crippen MR) is 161 cm³/mol. The van der Waals surface area contributed by atoms with Crippen LogP contribution in [0, 0.1) is 0 Å². The highest BCUT2D eigenvalue weighted by atomic mass is 32.3. The summed E-state index contributed by atoms with van der Waals surface area (Å²) in [5, 5.41) is 0. The summed E-state index contributed by atoms with van der Waals surface area (Å²) in [5.41, 5.74) is 0. The lowest BCUT2D eigenvalue weighted by Gasteiger charge is -1.94. The molecule has 4 heterocycles. The van der Waals surface area contributed by atoms with Crippen LogP contribution in [0.2, 0.25) is 0 Å². The molecule has 4 rings (SSSR count). The highest BCUT2D eigenvalue weighted by Gasteiger charge is 2.21. The molecule has 2 nitrogen and oxygen atoms in total. The standard InChI is InChI=1S/C22H20O2S8/c1-25-19-20(26-2)30-17(29-19)11-15-9-7-13(23-15)5-6-14-8-10-16(24-14)12-18-31-21(27-3)22(28-4)32-18/h5-12H,1-4H3/b6-5+. The lowest BCUT2D eigenvalue weighted by Crippen LogP contribution is -1.67. The van der Waals surface area contributed by atoms with Crippen molar-refractivity contribution >= 4 is 118 Å². The van der Waals surface area contributed by atoms with Gasteiger partial charge < -0.3 is 8.83 Å². The van der Waals surface area contributed by atoms with Gasteiger partial charge in [-0.2, -0.15) is 0 Å². The first kappa shape index (κ1) is 25.2. The van der Waals surface area contributed by atoms with Crippen LogP contribution in [0.25, 0.3) is 24.3 Å². The fourth-order valence-corrected chi connectivity index (χ4v) is 12.5. The molecule has 0 N–H and O–H groups in total. The van der Waals surface area contributed by atoms with E-state index in [1.807, 2.05) is 83.5 Å². The van der Waals surface area contributed by atoms with E-state index in [2.05, 4.69) is 37.2 Å². The molecule has 2 aliphatic rings. The molecule has 0 atom stereocenters. The molecule has 2 aromatic rings. The molecule has 0 fully saturated rings. The average molecular weight is 573 g/mol. The molecule has 32 heavy (non-hydrogen) atoms. The second kappa shape index (κ2) is 12.2. The fraction of sp³-hybridized carbons (Fsp3) is 0.182. The van der Waals surface area contributed by atoms with E-state index in [1.165, 1.54) is 25.4 Å². The van der Waals surface area contributed by atoms with Crippen LogP contribution in [0.15, 0.2) is 58.5 Å². The van der Waals surface area contributed by atoms with Gasteiger partial charge in [-0.25, -0.2) is 0 Å². The van der Waals surface area contributed by atoms with Crippen molar-refractivity contribution in [1.29, 1.82) is 0 Å². The van der Waals surface area contributed by atoms with E-state index in [0.717, 1.165) is 23.0 Å². The van der Waals surface area contributed by atoms with Crippen molar-refractivity contribution in [2.24, 2.45) is 0 Å². The lowest BCUT2D eigenvalue weighted by molar-refractivity contribution is 0.542. The average Bonchev–Trinajstić information content (AvgIpc) is 3.59. The summed E-state index contributed by atoms with van der Waals surface area (Å²) in [5.74, 6) is 3.35. The Morgan fingerprint density at radius 1 is 0.531 bits per heavy atom. The van der Waals surface area contributed by atoms with E-state index in [0.29, 0.717) is 0 Å². The molecule has 0 radical (unpaired) electrons. The van der Waals surface area contributed by atoms with Crippen LogP contribution in [-0.4, -0.2) is 25.0 Å². The Labute approximate surface area is 223 Å². The summed E-state index contributed by atoms with van der Waals surface area (Å²) < 4.78 is 19.9. The zero-order chi connectivity index (χ0) is 22.5. The normalized spacial score (nSPS) is 16.9. The van der Waals surface area contributed by atoms with Gasteiger partial charge in [0, 0.05) is 12.2 Å². The van der Waals surface area contributed by atoms with Crippen LogP contribution in [0.4, 0.5) is 0 Å². The highest BCUT2D eigenvalue weighted by molar-refractivity contribution is 8.41. The Morgan fingerprint density at radius 3 is 1.16 bits per heavy atom. The first-order valence-corrected chi connectivity index (χ1v) is 17.5. The quantitative estimate of drug-likeness (QED) is 0.304. The summed E-state index contributed by atoms with van der Waals surface area (Å²) >= 11 is 14.5. The maximum atomic E-state index is 5.98. The van der Waals surface area contributed by atoms with Gasteiger partial charge in [0.2, 0.25) is 0 Å². The van der Waals surface area contributed by atoms with Crippen LogP contribution in [-0.2, 0) is 0 Å². The van der Waals surface area contributed by atoms with Gasteiger partial charge in [-0.05, 0) is 61.4 Å². The van der Waals surface area contributed by atoms with Crippen LogP contribution < -0.4 is 0 Å². The van der Waals surface area contributed by atoms with E-state index in [4.69, 9.17) is 8.83 Å². The van der Waals surface area contributed by atoms with Crippen molar-refractivity contribution in [2.75, 3.05) is 25.0 Å². The van der Waals surface area contributed by atoms with Gasteiger partial charge in [0.1, 0.15) is 23.0 Å². The monoisotopic (exact) mass is 572 g/mol. The molecule has 0 saturated carbocycles. The molecule has 0 unspecified atom stereocenters. The Hall–Kier alpha value is 0.0600. The summed E-state index contributed by atoms with van der Waals surface area (Å²) in [6, 6.07) is 8.00. The molecular formula is C22H20O2S8.